The highest BCUT2D eigenvalue weighted by atomic mass is 16.1. The van der Waals surface area contributed by atoms with Crippen LogP contribution in [-0.2, 0) is 4.79 Å². The van der Waals surface area contributed by atoms with E-state index < -0.39 is 0 Å². The van der Waals surface area contributed by atoms with Crippen molar-refractivity contribution < 1.29 is 4.79 Å². The molecular weight excluding hydrogens is 216 g/mol. The van der Waals surface area contributed by atoms with Gasteiger partial charge in [0, 0.05) is 18.9 Å². The highest BCUT2D eigenvalue weighted by Crippen LogP contribution is 2.13. The largest absolute Gasteiger partial charge is 0.347 e. The van der Waals surface area contributed by atoms with Crippen LogP contribution in [0.25, 0.3) is 0 Å². The maximum Gasteiger partial charge on any atom is 0.224 e. The van der Waals surface area contributed by atoms with Gasteiger partial charge in [-0.15, -0.1) is 0 Å². The fraction of sp³-hybridized carbons (Fsp3) is 0.667. The van der Waals surface area contributed by atoms with E-state index >= 15 is 0 Å². The minimum absolute atomic E-state index is 0.00472. The lowest BCUT2D eigenvalue weighted by molar-refractivity contribution is -0.125. The lowest BCUT2D eigenvalue weighted by atomic mass is 9.96. The Hall–Kier alpha value is -1.36. The first-order valence-corrected chi connectivity index (χ1v) is 6.04. The van der Waals surface area contributed by atoms with E-state index in [2.05, 4.69) is 29.1 Å². The molecular formula is C12H22N4O. The zero-order chi connectivity index (χ0) is 12.8. The van der Waals surface area contributed by atoms with Crippen molar-refractivity contribution >= 4 is 5.91 Å². The van der Waals surface area contributed by atoms with Crippen LogP contribution in [0, 0.1) is 11.8 Å². The van der Waals surface area contributed by atoms with Crippen molar-refractivity contribution in [2.24, 2.45) is 17.6 Å². The van der Waals surface area contributed by atoms with E-state index in [1.165, 1.54) is 0 Å². The van der Waals surface area contributed by atoms with Gasteiger partial charge in [0.25, 0.3) is 0 Å². The quantitative estimate of drug-likeness (QED) is 0.696. The first kappa shape index (κ1) is 13.7. The van der Waals surface area contributed by atoms with Crippen molar-refractivity contribution in [1.82, 2.24) is 15.3 Å². The third-order valence-corrected chi connectivity index (χ3v) is 2.70. The van der Waals surface area contributed by atoms with Crippen LogP contribution in [0.5, 0.6) is 0 Å². The minimum Gasteiger partial charge on any atom is -0.347 e. The lowest BCUT2D eigenvalue weighted by Crippen LogP contribution is -2.37. The highest BCUT2D eigenvalue weighted by molar-refractivity contribution is 5.79. The molecule has 2 unspecified atom stereocenters. The Labute approximate surface area is 102 Å². The molecule has 0 aliphatic heterocycles. The third-order valence-electron chi connectivity index (χ3n) is 2.70. The molecule has 1 rings (SSSR count). The number of rotatable bonds is 6. The molecule has 0 saturated carbocycles. The molecule has 1 heterocycles. The summed E-state index contributed by atoms with van der Waals surface area (Å²) in [5, 5.41) is 2.93. The topological polar surface area (TPSA) is 83.8 Å². The Kier molecular flexibility index (Phi) is 5.15. The number of H-pyrrole nitrogens is 1. The van der Waals surface area contributed by atoms with E-state index in [1.807, 2.05) is 6.92 Å². The zero-order valence-corrected chi connectivity index (χ0v) is 10.7. The Morgan fingerprint density at radius 2 is 2.24 bits per heavy atom. The summed E-state index contributed by atoms with van der Waals surface area (Å²) in [6, 6.07) is -0.112. The molecule has 1 aromatic rings. The Morgan fingerprint density at radius 3 is 2.71 bits per heavy atom. The number of aromatic amines is 1. The van der Waals surface area contributed by atoms with Crippen molar-refractivity contribution in [2.75, 3.05) is 6.54 Å². The number of nitrogens with one attached hydrogen (secondary N) is 2. The summed E-state index contributed by atoms with van der Waals surface area (Å²) >= 11 is 0. The molecule has 2 atom stereocenters. The maximum absolute atomic E-state index is 12.0. The molecule has 5 heteroatoms. The van der Waals surface area contributed by atoms with Crippen molar-refractivity contribution in [3.63, 3.8) is 0 Å². The van der Waals surface area contributed by atoms with Gasteiger partial charge in [-0.3, -0.25) is 4.79 Å². The second-order valence-electron chi connectivity index (χ2n) is 4.77. The number of hydrogen-bond donors (Lipinski definition) is 3. The molecule has 0 radical (unpaired) electrons. The number of aromatic nitrogens is 2. The molecule has 96 valence electrons. The molecule has 0 spiro atoms. The molecule has 0 saturated heterocycles. The smallest absolute Gasteiger partial charge is 0.224 e. The number of carbonyl (C=O) groups excluding carboxylic acids is 1. The van der Waals surface area contributed by atoms with Crippen LogP contribution >= 0.6 is 0 Å². The first-order chi connectivity index (χ1) is 8.04. The monoisotopic (exact) mass is 238 g/mol. The standard InChI is InChI=1S/C12H22N4O/c1-8(2)6-10(7-13)12(17)16-9(3)11-14-4-5-15-11/h4-5,8-10H,6-7,13H2,1-3H3,(H,14,15)(H,16,17). The van der Waals surface area contributed by atoms with E-state index in [1.54, 1.807) is 12.4 Å². The average molecular weight is 238 g/mol. The average Bonchev–Trinajstić information content (AvgIpc) is 2.78. The van der Waals surface area contributed by atoms with Crippen molar-refractivity contribution in [3.8, 4) is 0 Å². The van der Waals surface area contributed by atoms with Gasteiger partial charge < -0.3 is 16.0 Å². The highest BCUT2D eigenvalue weighted by Gasteiger charge is 2.20. The van der Waals surface area contributed by atoms with Gasteiger partial charge in [-0.2, -0.15) is 0 Å². The number of amides is 1. The summed E-state index contributed by atoms with van der Waals surface area (Å²) in [4.78, 5) is 19.1. The molecule has 0 aromatic carbocycles. The third kappa shape index (κ3) is 4.19. The Bertz CT molecular complexity index is 334. The second-order valence-corrected chi connectivity index (χ2v) is 4.77. The van der Waals surface area contributed by atoms with Crippen molar-refractivity contribution in [2.45, 2.75) is 33.2 Å². The summed E-state index contributed by atoms with van der Waals surface area (Å²) in [5.74, 6) is 1.12. The molecule has 5 nitrogen and oxygen atoms in total. The molecule has 0 bridgehead atoms. The number of imidazole rings is 1. The SMILES string of the molecule is CC(C)CC(CN)C(=O)NC(C)c1ncc[nH]1. The summed E-state index contributed by atoms with van der Waals surface area (Å²) < 4.78 is 0. The normalized spacial score (nSPS) is 14.6. The lowest BCUT2D eigenvalue weighted by Gasteiger charge is -2.19. The zero-order valence-electron chi connectivity index (χ0n) is 10.7. The van der Waals surface area contributed by atoms with Crippen LogP contribution in [0.2, 0.25) is 0 Å². The van der Waals surface area contributed by atoms with Gasteiger partial charge in [0.05, 0.1) is 12.0 Å². The van der Waals surface area contributed by atoms with Crippen molar-refractivity contribution in [1.29, 1.82) is 0 Å². The van der Waals surface area contributed by atoms with Gasteiger partial charge in [-0.05, 0) is 19.3 Å². The fourth-order valence-electron chi connectivity index (χ4n) is 1.79. The van der Waals surface area contributed by atoms with E-state index in [-0.39, 0.29) is 17.9 Å². The summed E-state index contributed by atoms with van der Waals surface area (Å²) in [7, 11) is 0. The van der Waals surface area contributed by atoms with Crippen LogP contribution in [0.1, 0.15) is 39.1 Å². The Morgan fingerprint density at radius 1 is 1.53 bits per heavy atom. The van der Waals surface area contributed by atoms with Crippen LogP contribution < -0.4 is 11.1 Å². The van der Waals surface area contributed by atoms with Gasteiger partial charge >= 0.3 is 0 Å². The van der Waals surface area contributed by atoms with Crippen LogP contribution in [0.4, 0.5) is 0 Å². The van der Waals surface area contributed by atoms with Crippen molar-refractivity contribution in [3.05, 3.63) is 18.2 Å². The molecule has 4 N–H and O–H groups in total. The van der Waals surface area contributed by atoms with Gasteiger partial charge in [-0.1, -0.05) is 13.8 Å². The van der Waals surface area contributed by atoms with Gasteiger partial charge in [0.15, 0.2) is 0 Å². The van der Waals surface area contributed by atoms with Gasteiger partial charge in [-0.25, -0.2) is 4.98 Å². The van der Waals surface area contributed by atoms with Crippen LogP contribution in [-0.4, -0.2) is 22.4 Å². The second kappa shape index (κ2) is 6.39. The number of carbonyl (C=O) groups is 1. The molecule has 0 fully saturated rings. The molecule has 0 aliphatic carbocycles. The van der Waals surface area contributed by atoms with E-state index in [0.29, 0.717) is 12.5 Å². The van der Waals surface area contributed by atoms with Gasteiger partial charge in [0.1, 0.15) is 5.82 Å². The number of nitrogens with two attached hydrogens (primary N) is 1. The maximum atomic E-state index is 12.0. The minimum atomic E-state index is -0.118. The molecule has 1 amide bonds. The molecule has 17 heavy (non-hydrogen) atoms. The predicted octanol–water partition coefficient (Wildman–Crippen LogP) is 1.21. The van der Waals surface area contributed by atoms with E-state index in [4.69, 9.17) is 5.73 Å². The summed E-state index contributed by atoms with van der Waals surface area (Å²) in [5.41, 5.74) is 5.63. The fourth-order valence-corrected chi connectivity index (χ4v) is 1.79. The summed E-state index contributed by atoms with van der Waals surface area (Å²) in [6.45, 7) is 6.46. The molecule has 0 aliphatic rings. The van der Waals surface area contributed by atoms with E-state index in [0.717, 1.165) is 12.2 Å². The number of hydrogen-bond acceptors (Lipinski definition) is 3. The predicted molar refractivity (Wildman–Crippen MR) is 67.1 cm³/mol. The van der Waals surface area contributed by atoms with Gasteiger partial charge in [0.2, 0.25) is 5.91 Å². The Balaban J connectivity index is 2.52. The summed E-state index contributed by atoms with van der Waals surface area (Å²) in [6.07, 6.45) is 4.23. The van der Waals surface area contributed by atoms with E-state index in [9.17, 15) is 4.79 Å². The molecule has 1 aromatic heterocycles. The number of nitrogens with zero attached hydrogens (tertiary/aromatic N) is 1. The van der Waals surface area contributed by atoms with Crippen LogP contribution in [0.15, 0.2) is 12.4 Å². The first-order valence-electron chi connectivity index (χ1n) is 6.04. The van der Waals surface area contributed by atoms with Crippen LogP contribution in [0.3, 0.4) is 0 Å².